The molecule has 3 atom stereocenters. The molecule has 7 heterocycles. The lowest BCUT2D eigenvalue weighted by Gasteiger charge is -2.34. The molecule has 4 saturated heterocycles. The fourth-order valence-corrected chi connectivity index (χ4v) is 9.85. The summed E-state index contributed by atoms with van der Waals surface area (Å²) in [6.45, 7) is 14.2. The minimum absolute atomic E-state index is 0.0269. The number of ether oxygens (including phenoxy) is 11. The number of benzene rings is 3. The third-order valence-electron chi connectivity index (χ3n) is 10.9. The summed E-state index contributed by atoms with van der Waals surface area (Å²) in [6.07, 6.45) is 0. The first-order valence-electron chi connectivity index (χ1n) is 22.4. The summed E-state index contributed by atoms with van der Waals surface area (Å²) >= 11 is 0. The average molecular weight is 1040 g/mol. The highest BCUT2D eigenvalue weighted by Gasteiger charge is 2.42. The first kappa shape index (κ1) is 53.3. The number of carbonyl (C=O) groups is 3. The number of fused-ring (bicyclic) bond motifs is 4. The van der Waals surface area contributed by atoms with Crippen molar-refractivity contribution in [3.63, 3.8) is 0 Å². The van der Waals surface area contributed by atoms with Crippen molar-refractivity contribution in [1.29, 1.82) is 0 Å². The van der Waals surface area contributed by atoms with Gasteiger partial charge in [0.25, 0.3) is 0 Å². The first-order valence-corrected chi connectivity index (χ1v) is 25.2. The Labute approximate surface area is 410 Å². The van der Waals surface area contributed by atoms with E-state index in [2.05, 4.69) is 9.50 Å². The fraction of sp³-hybridized carbons (Fsp3) is 0.533. The normalized spacial score (nSPS) is 24.5. The Morgan fingerprint density at radius 2 is 1.14 bits per heavy atom. The Balaban J connectivity index is 0.000000145. The molecule has 3 aromatic carbocycles. The van der Waals surface area contributed by atoms with Gasteiger partial charge < -0.3 is 62.5 Å². The summed E-state index contributed by atoms with van der Waals surface area (Å²) in [7, 11) is -7.76. The number of morpholine rings is 3. The molecule has 26 heteroatoms. The smallest absolute Gasteiger partial charge is 0.349 e. The lowest BCUT2D eigenvalue weighted by Crippen LogP contribution is -2.51. The third-order valence-corrected chi connectivity index (χ3v) is 13.4. The third kappa shape index (κ3) is 13.5. The maximum atomic E-state index is 12.2. The van der Waals surface area contributed by atoms with Gasteiger partial charge in [0.1, 0.15) is 64.4 Å². The lowest BCUT2D eigenvalue weighted by molar-refractivity contribution is -0.128. The molecule has 0 radical (unpaired) electrons. The van der Waals surface area contributed by atoms with Gasteiger partial charge in [-0.25, -0.2) is 14.4 Å². The van der Waals surface area contributed by atoms with E-state index in [1.807, 2.05) is 0 Å². The number of rotatable bonds is 7. The topological polar surface area (TPSA) is 289 Å². The van der Waals surface area contributed by atoms with Gasteiger partial charge in [0.2, 0.25) is 17.4 Å². The second-order valence-electron chi connectivity index (χ2n) is 17.8. The summed E-state index contributed by atoms with van der Waals surface area (Å²) in [5.74, 6) is -2.87. The Morgan fingerprint density at radius 3 is 1.68 bits per heavy atom. The monoisotopic (exact) mass is 1040 g/mol. The van der Waals surface area contributed by atoms with Crippen LogP contribution in [0, 0.1) is 0 Å². The Morgan fingerprint density at radius 1 is 0.648 bits per heavy atom. The number of aromatic hydroxyl groups is 1. The molecule has 3 N–H and O–H groups in total. The maximum Gasteiger partial charge on any atom is 0.349 e. The van der Waals surface area contributed by atoms with Gasteiger partial charge in [0, 0.05) is 61.2 Å². The van der Waals surface area contributed by atoms with Crippen LogP contribution in [-0.2, 0) is 53.2 Å². The van der Waals surface area contributed by atoms with Crippen LogP contribution in [-0.4, -0.2) is 168 Å². The quantitative estimate of drug-likeness (QED) is 0.174. The molecule has 0 aromatic heterocycles. The van der Waals surface area contributed by atoms with E-state index >= 15 is 0 Å². The van der Waals surface area contributed by atoms with Crippen molar-refractivity contribution in [3.8, 4) is 34.5 Å². The molecule has 0 aliphatic carbocycles. The van der Waals surface area contributed by atoms with Crippen molar-refractivity contribution in [2.24, 2.45) is 0 Å². The van der Waals surface area contributed by atoms with E-state index in [9.17, 15) is 40.9 Å². The molecule has 0 spiro atoms. The van der Waals surface area contributed by atoms with Crippen molar-refractivity contribution in [3.05, 3.63) is 71.3 Å². The lowest BCUT2D eigenvalue weighted by atomic mass is 10.1. The van der Waals surface area contributed by atoms with Crippen LogP contribution in [0.3, 0.4) is 0 Å². The molecule has 4 fully saturated rings. The number of cyclic esters (lactones) is 3. The van der Waals surface area contributed by atoms with Crippen LogP contribution in [0.25, 0.3) is 0 Å². The molecule has 0 saturated carbocycles. The Bertz CT molecular complexity index is 2660. The van der Waals surface area contributed by atoms with E-state index in [0.717, 1.165) is 10.8 Å². The van der Waals surface area contributed by atoms with Gasteiger partial charge in [-0.05, 0) is 36.4 Å². The van der Waals surface area contributed by atoms with Crippen molar-refractivity contribution >= 4 is 38.5 Å². The zero-order valence-electron chi connectivity index (χ0n) is 39.8. The van der Waals surface area contributed by atoms with Crippen LogP contribution in [0.15, 0.2) is 54.6 Å². The van der Waals surface area contributed by atoms with Gasteiger partial charge in [0.15, 0.2) is 0 Å². The van der Waals surface area contributed by atoms with Crippen LogP contribution in [0.2, 0.25) is 0 Å². The summed E-state index contributed by atoms with van der Waals surface area (Å²) < 4.78 is 120. The molecular formula is C45H57N3O21S2. The summed E-state index contributed by atoms with van der Waals surface area (Å²) in [5.41, 5.74) is 0.567. The summed E-state index contributed by atoms with van der Waals surface area (Å²) in [5, 5.41) is 12.7. The SMILES string of the molecule is CC1(C)OC(=O)c2c(O)cccc2O1.CC1(C)OC(=O)c2c(OC[C@@H]3COCCN3)cccc2O1.CC1(C)OC(=O)c2c(OC[C@@H]3COCCN3S(=O)(=O)O)cccc2O1.O=S1(=O)OC[C@@H]2COCCN21. The highest BCUT2D eigenvalue weighted by atomic mass is 32.2. The second-order valence-corrected chi connectivity index (χ2v) is 20.8. The number of nitrogens with zero attached hydrogens (tertiary/aromatic N) is 2. The molecule has 7 aliphatic rings. The largest absolute Gasteiger partial charge is 0.507 e. The molecule has 10 rings (SSSR count). The molecule has 24 nitrogen and oxygen atoms in total. The fourth-order valence-electron chi connectivity index (χ4n) is 7.80. The van der Waals surface area contributed by atoms with Gasteiger partial charge in [-0.2, -0.15) is 25.4 Å². The zero-order chi connectivity index (χ0) is 51.4. The molecule has 0 amide bonds. The predicted molar refractivity (Wildman–Crippen MR) is 244 cm³/mol. The van der Waals surface area contributed by atoms with Gasteiger partial charge in [-0.15, -0.1) is 0 Å². The molecule has 0 bridgehead atoms. The average Bonchev–Trinajstić information content (AvgIpc) is 3.60. The van der Waals surface area contributed by atoms with E-state index in [1.165, 1.54) is 10.4 Å². The van der Waals surface area contributed by atoms with E-state index in [-0.39, 0.29) is 67.7 Å². The molecule has 3 aromatic rings. The van der Waals surface area contributed by atoms with Crippen molar-refractivity contribution in [2.75, 3.05) is 79.1 Å². The van der Waals surface area contributed by atoms with Crippen LogP contribution in [0.1, 0.15) is 72.6 Å². The molecule has 0 unspecified atom stereocenters. The number of hydrogen-bond acceptors (Lipinski definition) is 21. The van der Waals surface area contributed by atoms with E-state index in [4.69, 9.17) is 52.1 Å². The van der Waals surface area contributed by atoms with Gasteiger partial charge in [-0.3, -0.25) is 8.74 Å². The standard InChI is InChI=1S/C15H19NO8S.C15H19NO5.C10H10O4.C5H9NO4S/c1-15(2)23-12-5-3-4-11(13(12)14(17)24-15)22-9-10-8-21-7-6-16(10)25(18,19)20;1-15(2)20-12-5-3-4-11(13(12)14(17)21-15)19-9-10-8-18-7-6-16-10;1-10(2)13-7-5-3-4-6(11)8(7)9(12)14-10;7-11(8)6-1-2-9-3-5(6)4-10-11/h3-5,10H,6-9H2,1-2H3,(H,18,19,20);3-5,10,16H,6-9H2,1-2H3;3-5,11H,1-2H3;5H,1-4H2/t2*10-;;5-/m00.0/s1. The number of carbonyl (C=O) groups excluding carboxylic acids is 3. The van der Waals surface area contributed by atoms with E-state index in [1.54, 1.807) is 90.1 Å². The van der Waals surface area contributed by atoms with Crippen LogP contribution >= 0.6 is 0 Å². The zero-order valence-corrected chi connectivity index (χ0v) is 41.4. The first-order chi connectivity index (χ1) is 33.4. The highest BCUT2D eigenvalue weighted by Crippen LogP contribution is 2.39. The van der Waals surface area contributed by atoms with Crippen LogP contribution < -0.4 is 29.0 Å². The maximum absolute atomic E-state index is 12.2. The molecular weight excluding hydrogens is 983 g/mol. The molecule has 7 aliphatic heterocycles. The van der Waals surface area contributed by atoms with Gasteiger partial charge >= 0.3 is 38.5 Å². The number of hydrogen-bond donors (Lipinski definition) is 3. The molecule has 390 valence electrons. The number of phenolic OH excluding ortho intramolecular Hbond substituents is 1. The van der Waals surface area contributed by atoms with Gasteiger partial charge in [0.05, 0.1) is 64.4 Å². The Kier molecular flexibility index (Phi) is 16.2. The minimum Gasteiger partial charge on any atom is -0.507 e. The van der Waals surface area contributed by atoms with Gasteiger partial charge in [-0.1, -0.05) is 18.2 Å². The second kappa shape index (κ2) is 21.7. The predicted octanol–water partition coefficient (Wildman–Crippen LogP) is 2.83. The van der Waals surface area contributed by atoms with E-state index in [0.29, 0.717) is 68.1 Å². The number of phenols is 1. The highest BCUT2D eigenvalue weighted by molar-refractivity contribution is 7.84. The Hall–Kier alpha value is -5.55. The van der Waals surface area contributed by atoms with Crippen LogP contribution in [0.4, 0.5) is 0 Å². The number of esters is 3. The van der Waals surface area contributed by atoms with Crippen molar-refractivity contribution in [1.82, 2.24) is 13.9 Å². The van der Waals surface area contributed by atoms with E-state index < -0.39 is 61.9 Å². The summed E-state index contributed by atoms with van der Waals surface area (Å²) in [6, 6.07) is 14.1. The molecule has 71 heavy (non-hydrogen) atoms. The van der Waals surface area contributed by atoms with Crippen LogP contribution in [0.5, 0.6) is 34.5 Å². The minimum atomic E-state index is -4.37. The number of nitrogens with one attached hydrogen (secondary N) is 1. The van der Waals surface area contributed by atoms with Crippen molar-refractivity contribution < 1.29 is 97.2 Å². The van der Waals surface area contributed by atoms with Crippen molar-refractivity contribution in [2.45, 2.75) is 77.0 Å². The summed E-state index contributed by atoms with van der Waals surface area (Å²) in [4.78, 5) is 35.9.